The summed E-state index contributed by atoms with van der Waals surface area (Å²) >= 11 is 0. The Hall–Kier alpha value is -1.90. The fraction of sp³-hybridized carbons (Fsp3) is 0.375. The highest BCUT2D eigenvalue weighted by atomic mass is 14.9. The Morgan fingerprint density at radius 1 is 1.05 bits per heavy atom. The number of nitrogens with two attached hydrogens (primary N) is 1. The molecule has 0 aliphatic carbocycles. The molecule has 100 valence electrons. The van der Waals surface area contributed by atoms with Gasteiger partial charge in [0, 0.05) is 18.2 Å². The molecule has 3 heteroatoms. The van der Waals surface area contributed by atoms with E-state index in [0.29, 0.717) is 11.7 Å². The van der Waals surface area contributed by atoms with E-state index in [-0.39, 0.29) is 0 Å². The third-order valence-electron chi connectivity index (χ3n) is 2.94. The molecule has 0 fully saturated rings. The summed E-state index contributed by atoms with van der Waals surface area (Å²) in [4.78, 5) is 8.92. The molecular weight excluding hydrogens is 234 g/mol. The van der Waals surface area contributed by atoms with Crippen LogP contribution in [0.4, 0.5) is 5.82 Å². The van der Waals surface area contributed by atoms with E-state index in [0.717, 1.165) is 30.8 Å². The van der Waals surface area contributed by atoms with Crippen molar-refractivity contribution in [3.63, 3.8) is 0 Å². The van der Waals surface area contributed by atoms with Gasteiger partial charge in [-0.05, 0) is 24.3 Å². The number of anilines is 1. The van der Waals surface area contributed by atoms with Gasteiger partial charge in [-0.3, -0.25) is 0 Å². The molecule has 0 saturated heterocycles. The van der Waals surface area contributed by atoms with Crippen molar-refractivity contribution in [1.82, 2.24) is 9.97 Å². The molecule has 0 radical (unpaired) electrons. The van der Waals surface area contributed by atoms with Gasteiger partial charge in [-0.25, -0.2) is 9.97 Å². The average Bonchev–Trinajstić information content (AvgIpc) is 2.36. The highest BCUT2D eigenvalue weighted by Gasteiger charge is 2.05. The second kappa shape index (κ2) is 6.32. The van der Waals surface area contributed by atoms with Crippen LogP contribution in [-0.4, -0.2) is 9.97 Å². The van der Waals surface area contributed by atoms with Crippen LogP contribution in [0.2, 0.25) is 0 Å². The lowest BCUT2D eigenvalue weighted by atomic mass is 10.1. The normalized spacial score (nSPS) is 10.9. The van der Waals surface area contributed by atoms with Crippen molar-refractivity contribution in [3.8, 4) is 0 Å². The van der Waals surface area contributed by atoms with Crippen LogP contribution in [0.15, 0.2) is 36.4 Å². The van der Waals surface area contributed by atoms with Gasteiger partial charge in [0.1, 0.15) is 11.6 Å². The van der Waals surface area contributed by atoms with Crippen molar-refractivity contribution in [3.05, 3.63) is 53.5 Å². The van der Waals surface area contributed by atoms with E-state index < -0.39 is 0 Å². The number of aromatic nitrogens is 2. The maximum absolute atomic E-state index is 5.85. The Balaban J connectivity index is 2.05. The zero-order chi connectivity index (χ0) is 13.7. The summed E-state index contributed by atoms with van der Waals surface area (Å²) in [6.45, 7) is 4.36. The van der Waals surface area contributed by atoms with Crippen LogP contribution >= 0.6 is 0 Å². The van der Waals surface area contributed by atoms with E-state index in [1.54, 1.807) is 0 Å². The molecule has 0 amide bonds. The third-order valence-corrected chi connectivity index (χ3v) is 2.94. The van der Waals surface area contributed by atoms with Crippen molar-refractivity contribution in [2.45, 2.75) is 33.1 Å². The molecule has 2 rings (SSSR count). The average molecular weight is 255 g/mol. The van der Waals surface area contributed by atoms with Crippen LogP contribution < -0.4 is 5.73 Å². The fourth-order valence-corrected chi connectivity index (χ4v) is 2.11. The van der Waals surface area contributed by atoms with Crippen LogP contribution in [0, 0.1) is 5.92 Å². The number of aryl methyl sites for hydroxylation is 2. The molecule has 1 aromatic heterocycles. The van der Waals surface area contributed by atoms with Gasteiger partial charge >= 0.3 is 0 Å². The molecule has 0 atom stereocenters. The zero-order valence-electron chi connectivity index (χ0n) is 11.6. The van der Waals surface area contributed by atoms with E-state index in [2.05, 4.69) is 48.1 Å². The van der Waals surface area contributed by atoms with Gasteiger partial charge in [-0.2, -0.15) is 0 Å². The van der Waals surface area contributed by atoms with Gasteiger partial charge in [0.15, 0.2) is 0 Å². The fourth-order valence-electron chi connectivity index (χ4n) is 2.11. The molecule has 0 unspecified atom stereocenters. The molecule has 0 saturated carbocycles. The Morgan fingerprint density at radius 2 is 1.79 bits per heavy atom. The standard InChI is InChI=1S/C16H21N3/c1-12(2)10-14-11-15(17)19-16(18-14)9-8-13-6-4-3-5-7-13/h3-7,11-12H,8-10H2,1-2H3,(H2,17,18,19). The molecule has 1 aromatic carbocycles. The molecule has 2 N–H and O–H groups in total. The lowest BCUT2D eigenvalue weighted by Crippen LogP contribution is -2.06. The first kappa shape index (κ1) is 13.5. The van der Waals surface area contributed by atoms with Crippen molar-refractivity contribution >= 4 is 5.82 Å². The third kappa shape index (κ3) is 4.36. The predicted octanol–water partition coefficient (Wildman–Crippen LogP) is 3.04. The topological polar surface area (TPSA) is 51.8 Å². The van der Waals surface area contributed by atoms with Crippen molar-refractivity contribution in [1.29, 1.82) is 0 Å². The van der Waals surface area contributed by atoms with Crippen LogP contribution in [0.1, 0.15) is 30.9 Å². The van der Waals surface area contributed by atoms with E-state index in [4.69, 9.17) is 5.73 Å². The maximum atomic E-state index is 5.85. The minimum Gasteiger partial charge on any atom is -0.384 e. The summed E-state index contributed by atoms with van der Waals surface area (Å²) in [5.41, 5.74) is 8.20. The summed E-state index contributed by atoms with van der Waals surface area (Å²) in [5, 5.41) is 0. The summed E-state index contributed by atoms with van der Waals surface area (Å²) < 4.78 is 0. The van der Waals surface area contributed by atoms with Crippen LogP contribution in [0.3, 0.4) is 0 Å². The minimum atomic E-state index is 0.578. The molecule has 1 heterocycles. The van der Waals surface area contributed by atoms with E-state index in [1.807, 2.05) is 12.1 Å². The van der Waals surface area contributed by atoms with Gasteiger partial charge in [0.25, 0.3) is 0 Å². The second-order valence-corrected chi connectivity index (χ2v) is 5.28. The van der Waals surface area contributed by atoms with Gasteiger partial charge < -0.3 is 5.73 Å². The van der Waals surface area contributed by atoms with Gasteiger partial charge in [0.2, 0.25) is 0 Å². The lowest BCUT2D eigenvalue weighted by Gasteiger charge is -2.08. The number of nitrogens with zero attached hydrogens (tertiary/aromatic N) is 2. The summed E-state index contributed by atoms with van der Waals surface area (Å²) in [6.07, 6.45) is 2.73. The molecule has 0 bridgehead atoms. The quantitative estimate of drug-likeness (QED) is 0.893. The van der Waals surface area contributed by atoms with Crippen LogP contribution in [0.5, 0.6) is 0 Å². The first-order valence-corrected chi connectivity index (χ1v) is 6.79. The number of hydrogen-bond donors (Lipinski definition) is 1. The molecule has 0 aliphatic heterocycles. The Labute approximate surface area is 114 Å². The zero-order valence-corrected chi connectivity index (χ0v) is 11.6. The Bertz CT molecular complexity index is 521. The largest absolute Gasteiger partial charge is 0.384 e. The molecular formula is C16H21N3. The summed E-state index contributed by atoms with van der Waals surface area (Å²) in [7, 11) is 0. The monoisotopic (exact) mass is 255 g/mol. The first-order valence-electron chi connectivity index (χ1n) is 6.79. The number of hydrogen-bond acceptors (Lipinski definition) is 3. The Kier molecular flexibility index (Phi) is 4.50. The van der Waals surface area contributed by atoms with E-state index in [9.17, 15) is 0 Å². The molecule has 0 aliphatic rings. The summed E-state index contributed by atoms with van der Waals surface area (Å²) in [6, 6.07) is 12.3. The smallest absolute Gasteiger partial charge is 0.131 e. The van der Waals surface area contributed by atoms with E-state index >= 15 is 0 Å². The summed E-state index contributed by atoms with van der Waals surface area (Å²) in [5.74, 6) is 2.00. The van der Waals surface area contributed by atoms with Crippen molar-refractivity contribution in [2.24, 2.45) is 5.92 Å². The maximum Gasteiger partial charge on any atom is 0.131 e. The Morgan fingerprint density at radius 3 is 2.47 bits per heavy atom. The van der Waals surface area contributed by atoms with Gasteiger partial charge in [0.05, 0.1) is 0 Å². The molecule has 0 spiro atoms. The van der Waals surface area contributed by atoms with E-state index in [1.165, 1.54) is 5.56 Å². The molecule has 2 aromatic rings. The van der Waals surface area contributed by atoms with Crippen LogP contribution in [-0.2, 0) is 19.3 Å². The van der Waals surface area contributed by atoms with Gasteiger partial charge in [-0.15, -0.1) is 0 Å². The minimum absolute atomic E-state index is 0.578. The number of rotatable bonds is 5. The molecule has 3 nitrogen and oxygen atoms in total. The van der Waals surface area contributed by atoms with Gasteiger partial charge in [-0.1, -0.05) is 44.2 Å². The highest BCUT2D eigenvalue weighted by molar-refractivity contribution is 5.30. The number of nitrogen functional groups attached to an aromatic ring is 1. The highest BCUT2D eigenvalue weighted by Crippen LogP contribution is 2.11. The first-order chi connectivity index (χ1) is 9.13. The SMILES string of the molecule is CC(C)Cc1cc(N)nc(CCc2ccccc2)n1. The second-order valence-electron chi connectivity index (χ2n) is 5.28. The molecule has 19 heavy (non-hydrogen) atoms. The predicted molar refractivity (Wildman–Crippen MR) is 78.8 cm³/mol. The lowest BCUT2D eigenvalue weighted by molar-refractivity contribution is 0.630. The van der Waals surface area contributed by atoms with Crippen LogP contribution in [0.25, 0.3) is 0 Å². The number of benzene rings is 1. The van der Waals surface area contributed by atoms with Crippen molar-refractivity contribution in [2.75, 3.05) is 5.73 Å². The van der Waals surface area contributed by atoms with Crippen molar-refractivity contribution < 1.29 is 0 Å².